The third-order valence-electron chi connectivity index (χ3n) is 3.29. The van der Waals surface area contributed by atoms with E-state index in [9.17, 15) is 22.4 Å². The number of hydrogen-bond acceptors (Lipinski definition) is 5. The molecule has 0 fully saturated rings. The molecule has 0 unspecified atom stereocenters. The summed E-state index contributed by atoms with van der Waals surface area (Å²) in [7, 11) is -1.19. The summed E-state index contributed by atoms with van der Waals surface area (Å²) in [4.78, 5) is 23.2. The number of esters is 1. The Bertz CT molecular complexity index is 719. The van der Waals surface area contributed by atoms with Crippen LogP contribution in [0.25, 0.3) is 0 Å². The van der Waals surface area contributed by atoms with Crippen LogP contribution < -0.4 is 5.32 Å². The Labute approximate surface area is 140 Å². The van der Waals surface area contributed by atoms with Gasteiger partial charge in [-0.1, -0.05) is 6.92 Å². The molecule has 1 N–H and O–H groups in total. The minimum absolute atomic E-state index is 0.0819. The highest BCUT2D eigenvalue weighted by Crippen LogP contribution is 2.18. The van der Waals surface area contributed by atoms with Gasteiger partial charge >= 0.3 is 5.97 Å². The Morgan fingerprint density at radius 3 is 2.50 bits per heavy atom. The normalized spacial score (nSPS) is 12.8. The molecule has 0 heterocycles. The predicted molar refractivity (Wildman–Crippen MR) is 85.5 cm³/mol. The van der Waals surface area contributed by atoms with Crippen LogP contribution in [0.4, 0.5) is 4.39 Å². The number of ether oxygens (including phenoxy) is 1. The van der Waals surface area contributed by atoms with Crippen LogP contribution in [-0.4, -0.2) is 51.3 Å². The van der Waals surface area contributed by atoms with Crippen molar-refractivity contribution in [2.24, 2.45) is 0 Å². The van der Waals surface area contributed by atoms with E-state index in [1.807, 2.05) is 6.92 Å². The van der Waals surface area contributed by atoms with Crippen LogP contribution >= 0.6 is 0 Å². The number of amides is 1. The van der Waals surface area contributed by atoms with Crippen molar-refractivity contribution in [2.75, 3.05) is 20.7 Å². The molecule has 1 aromatic carbocycles. The minimum atomic E-state index is -3.82. The van der Waals surface area contributed by atoms with Gasteiger partial charge in [0.05, 0.1) is 10.5 Å². The van der Waals surface area contributed by atoms with Gasteiger partial charge in [0.2, 0.25) is 10.0 Å². The number of hydrogen-bond donors (Lipinski definition) is 1. The van der Waals surface area contributed by atoms with Crippen molar-refractivity contribution in [1.29, 1.82) is 0 Å². The average molecular weight is 360 g/mol. The van der Waals surface area contributed by atoms with Crippen molar-refractivity contribution in [3.63, 3.8) is 0 Å². The van der Waals surface area contributed by atoms with Gasteiger partial charge in [-0.05, 0) is 31.5 Å². The standard InChI is InChI=1S/C15H21FN2O5S/c1-5-10(2)17-14(19)9-23-15(20)12-8-11(6-7-13(12)16)24(21,22)18(3)4/h6-8,10H,5,9H2,1-4H3,(H,17,19)/t10-/m0/s1. The second-order valence-corrected chi connectivity index (χ2v) is 7.53. The lowest BCUT2D eigenvalue weighted by atomic mass is 10.2. The van der Waals surface area contributed by atoms with Crippen LogP contribution in [-0.2, 0) is 19.6 Å². The summed E-state index contributed by atoms with van der Waals surface area (Å²) < 4.78 is 43.5. The van der Waals surface area contributed by atoms with Crippen molar-refractivity contribution in [3.8, 4) is 0 Å². The molecule has 1 rings (SSSR count). The van der Waals surface area contributed by atoms with E-state index in [1.165, 1.54) is 14.1 Å². The second kappa shape index (κ2) is 8.20. The highest BCUT2D eigenvalue weighted by atomic mass is 32.2. The lowest BCUT2D eigenvalue weighted by Gasteiger charge is -2.13. The summed E-state index contributed by atoms with van der Waals surface area (Å²) in [5.41, 5.74) is -0.547. The van der Waals surface area contributed by atoms with Crippen LogP contribution in [0, 0.1) is 5.82 Å². The van der Waals surface area contributed by atoms with Crippen LogP contribution in [0.3, 0.4) is 0 Å². The Kier molecular flexibility index (Phi) is 6.85. The van der Waals surface area contributed by atoms with Gasteiger partial charge in [0, 0.05) is 20.1 Å². The van der Waals surface area contributed by atoms with E-state index in [1.54, 1.807) is 6.92 Å². The summed E-state index contributed by atoms with van der Waals surface area (Å²) in [5.74, 6) is -2.56. The van der Waals surface area contributed by atoms with Crippen molar-refractivity contribution >= 4 is 21.9 Å². The number of halogens is 1. The van der Waals surface area contributed by atoms with Crippen molar-refractivity contribution in [1.82, 2.24) is 9.62 Å². The number of nitrogens with zero attached hydrogens (tertiary/aromatic N) is 1. The van der Waals surface area contributed by atoms with Gasteiger partial charge in [-0.3, -0.25) is 4.79 Å². The Balaban J connectivity index is 2.90. The predicted octanol–water partition coefficient (Wildman–Crippen LogP) is 1.15. The summed E-state index contributed by atoms with van der Waals surface area (Å²) in [6.07, 6.45) is 0.707. The fourth-order valence-corrected chi connectivity index (χ4v) is 2.59. The first kappa shape index (κ1) is 20.0. The number of rotatable bonds is 7. The van der Waals surface area contributed by atoms with Crippen LogP contribution in [0.2, 0.25) is 0 Å². The topological polar surface area (TPSA) is 92.8 Å². The molecule has 7 nitrogen and oxygen atoms in total. The zero-order chi connectivity index (χ0) is 18.5. The molecule has 0 aliphatic carbocycles. The minimum Gasteiger partial charge on any atom is -0.452 e. The van der Waals surface area contributed by atoms with Gasteiger partial charge in [0.15, 0.2) is 6.61 Å². The van der Waals surface area contributed by atoms with Gasteiger partial charge in [0.1, 0.15) is 5.82 Å². The number of carbonyl (C=O) groups excluding carboxylic acids is 2. The highest BCUT2D eigenvalue weighted by molar-refractivity contribution is 7.89. The third-order valence-corrected chi connectivity index (χ3v) is 5.10. The van der Waals surface area contributed by atoms with Crippen molar-refractivity contribution in [3.05, 3.63) is 29.6 Å². The van der Waals surface area contributed by atoms with Gasteiger partial charge in [-0.2, -0.15) is 0 Å². The Morgan fingerprint density at radius 2 is 1.96 bits per heavy atom. The van der Waals surface area contributed by atoms with Gasteiger partial charge in [-0.15, -0.1) is 0 Å². The molecule has 0 bridgehead atoms. The second-order valence-electron chi connectivity index (χ2n) is 5.38. The molecule has 0 radical (unpaired) electrons. The van der Waals surface area contributed by atoms with E-state index in [-0.39, 0.29) is 10.9 Å². The van der Waals surface area contributed by atoms with Gasteiger partial charge in [-0.25, -0.2) is 21.9 Å². The zero-order valence-electron chi connectivity index (χ0n) is 14.0. The molecule has 1 amide bonds. The molecule has 0 saturated heterocycles. The fourth-order valence-electron chi connectivity index (χ4n) is 1.66. The maximum absolute atomic E-state index is 13.8. The number of carbonyl (C=O) groups is 2. The molecule has 0 aromatic heterocycles. The first-order chi connectivity index (χ1) is 11.1. The molecular weight excluding hydrogens is 339 g/mol. The largest absolute Gasteiger partial charge is 0.452 e. The summed E-state index contributed by atoms with van der Waals surface area (Å²) >= 11 is 0. The summed E-state index contributed by atoms with van der Waals surface area (Å²) in [6.45, 7) is 3.09. The smallest absolute Gasteiger partial charge is 0.341 e. The summed E-state index contributed by atoms with van der Waals surface area (Å²) in [6, 6.07) is 2.73. The van der Waals surface area contributed by atoms with Gasteiger partial charge < -0.3 is 10.1 Å². The van der Waals surface area contributed by atoms with E-state index in [0.717, 1.165) is 22.5 Å². The maximum atomic E-state index is 13.8. The van der Waals surface area contributed by atoms with Crippen molar-refractivity contribution < 1.29 is 27.1 Å². The molecule has 9 heteroatoms. The molecular formula is C15H21FN2O5S. The SMILES string of the molecule is CC[C@H](C)NC(=O)COC(=O)c1cc(S(=O)(=O)N(C)C)ccc1F. The van der Waals surface area contributed by atoms with E-state index >= 15 is 0 Å². The molecule has 0 aliphatic rings. The van der Waals surface area contributed by atoms with Crippen LogP contribution in [0.5, 0.6) is 0 Å². The average Bonchev–Trinajstić information content (AvgIpc) is 2.52. The van der Waals surface area contributed by atoms with E-state index in [4.69, 9.17) is 4.74 Å². The molecule has 24 heavy (non-hydrogen) atoms. The quantitative estimate of drug-likeness (QED) is 0.736. The van der Waals surface area contributed by atoms with Crippen molar-refractivity contribution in [2.45, 2.75) is 31.2 Å². The zero-order valence-corrected chi connectivity index (χ0v) is 14.8. The van der Waals surface area contributed by atoms with Crippen LogP contribution in [0.1, 0.15) is 30.6 Å². The highest BCUT2D eigenvalue weighted by Gasteiger charge is 2.22. The number of benzene rings is 1. The lowest BCUT2D eigenvalue weighted by molar-refractivity contribution is -0.124. The molecule has 0 aliphatic heterocycles. The van der Waals surface area contributed by atoms with Crippen LogP contribution in [0.15, 0.2) is 23.1 Å². The molecule has 0 saturated carbocycles. The Hall–Kier alpha value is -2.00. The first-order valence-corrected chi connectivity index (χ1v) is 8.72. The number of sulfonamides is 1. The molecule has 1 aromatic rings. The van der Waals surface area contributed by atoms with E-state index in [2.05, 4.69) is 5.32 Å². The fraction of sp³-hybridized carbons (Fsp3) is 0.467. The lowest BCUT2D eigenvalue weighted by Crippen LogP contribution is -2.35. The molecule has 1 atom stereocenters. The third kappa shape index (κ3) is 5.00. The summed E-state index contributed by atoms with van der Waals surface area (Å²) in [5, 5.41) is 2.59. The Morgan fingerprint density at radius 1 is 1.33 bits per heavy atom. The van der Waals surface area contributed by atoms with E-state index < -0.39 is 39.9 Å². The molecule has 134 valence electrons. The number of nitrogens with one attached hydrogen (secondary N) is 1. The monoisotopic (exact) mass is 360 g/mol. The molecule has 0 spiro atoms. The van der Waals surface area contributed by atoms with Gasteiger partial charge in [0.25, 0.3) is 5.91 Å². The van der Waals surface area contributed by atoms with E-state index in [0.29, 0.717) is 6.42 Å². The maximum Gasteiger partial charge on any atom is 0.341 e. The first-order valence-electron chi connectivity index (χ1n) is 7.28.